The molecule has 4 rings (SSSR count). The summed E-state index contributed by atoms with van der Waals surface area (Å²) in [7, 11) is 0. The third-order valence-electron chi connectivity index (χ3n) is 5.11. The third-order valence-corrected chi connectivity index (χ3v) is 5.11. The van der Waals surface area contributed by atoms with Gasteiger partial charge in [0.2, 0.25) is 5.95 Å². The molecule has 0 aromatic carbocycles. The Balaban J connectivity index is 1.57. The summed E-state index contributed by atoms with van der Waals surface area (Å²) in [4.78, 5) is 33.3. The number of nitrogens with zero attached hydrogens (tertiary/aromatic N) is 5. The van der Waals surface area contributed by atoms with Gasteiger partial charge in [-0.3, -0.25) is 14.8 Å². The van der Waals surface area contributed by atoms with E-state index in [1.165, 1.54) is 0 Å². The fourth-order valence-electron chi connectivity index (χ4n) is 3.77. The normalized spacial score (nSPS) is 20.5. The van der Waals surface area contributed by atoms with Crippen molar-refractivity contribution in [2.75, 3.05) is 36.0 Å². The van der Waals surface area contributed by atoms with Gasteiger partial charge in [-0.15, -0.1) is 0 Å². The SMILES string of the molecule is Cc1cnc(C)c(N2CCC(c3cc(=O)[nH]c(N4CCCC4)n3)C2)n1. The van der Waals surface area contributed by atoms with Crippen LogP contribution in [0.4, 0.5) is 11.8 Å². The molecule has 2 aliphatic rings. The maximum atomic E-state index is 12.1. The number of aryl methyl sites for hydroxylation is 2. The smallest absolute Gasteiger partial charge is 0.252 e. The molecule has 0 saturated carbocycles. The van der Waals surface area contributed by atoms with Crippen LogP contribution >= 0.6 is 0 Å². The van der Waals surface area contributed by atoms with Crippen LogP contribution in [0.25, 0.3) is 0 Å². The lowest BCUT2D eigenvalue weighted by Gasteiger charge is -2.20. The zero-order chi connectivity index (χ0) is 17.4. The van der Waals surface area contributed by atoms with E-state index < -0.39 is 0 Å². The summed E-state index contributed by atoms with van der Waals surface area (Å²) in [6.07, 6.45) is 5.10. The van der Waals surface area contributed by atoms with E-state index in [-0.39, 0.29) is 11.5 Å². The quantitative estimate of drug-likeness (QED) is 0.917. The maximum absolute atomic E-state index is 12.1. The Hall–Kier alpha value is -2.44. The van der Waals surface area contributed by atoms with Crippen molar-refractivity contribution < 1.29 is 0 Å². The first kappa shape index (κ1) is 16.1. The van der Waals surface area contributed by atoms with Crippen molar-refractivity contribution in [1.82, 2.24) is 19.9 Å². The molecule has 0 bridgehead atoms. The van der Waals surface area contributed by atoms with E-state index in [0.717, 1.165) is 74.3 Å². The van der Waals surface area contributed by atoms with Gasteiger partial charge in [0.05, 0.1) is 17.1 Å². The number of aromatic nitrogens is 4. The summed E-state index contributed by atoms with van der Waals surface area (Å²) in [5.74, 6) is 1.93. The van der Waals surface area contributed by atoms with Crippen LogP contribution in [0, 0.1) is 13.8 Å². The fraction of sp³-hybridized carbons (Fsp3) is 0.556. The Morgan fingerprint density at radius 3 is 2.72 bits per heavy atom. The lowest BCUT2D eigenvalue weighted by Crippen LogP contribution is -2.26. The first-order valence-corrected chi connectivity index (χ1v) is 9.01. The highest BCUT2D eigenvalue weighted by atomic mass is 16.1. The zero-order valence-electron chi connectivity index (χ0n) is 14.8. The van der Waals surface area contributed by atoms with Crippen molar-refractivity contribution >= 4 is 11.8 Å². The molecule has 2 aliphatic heterocycles. The van der Waals surface area contributed by atoms with E-state index in [1.54, 1.807) is 12.3 Å². The zero-order valence-corrected chi connectivity index (χ0v) is 14.8. The Morgan fingerprint density at radius 1 is 1.12 bits per heavy atom. The second kappa shape index (κ2) is 6.46. The van der Waals surface area contributed by atoms with Gasteiger partial charge < -0.3 is 9.80 Å². The Labute approximate surface area is 147 Å². The summed E-state index contributed by atoms with van der Waals surface area (Å²) in [5, 5.41) is 0. The number of nitrogens with one attached hydrogen (secondary N) is 1. The van der Waals surface area contributed by atoms with E-state index >= 15 is 0 Å². The molecule has 0 aliphatic carbocycles. The van der Waals surface area contributed by atoms with Gasteiger partial charge in [0, 0.05) is 44.4 Å². The number of hydrogen-bond donors (Lipinski definition) is 1. The van der Waals surface area contributed by atoms with Crippen LogP contribution in [0.5, 0.6) is 0 Å². The van der Waals surface area contributed by atoms with Gasteiger partial charge in [0.25, 0.3) is 5.56 Å². The van der Waals surface area contributed by atoms with Crippen molar-refractivity contribution in [1.29, 1.82) is 0 Å². The van der Waals surface area contributed by atoms with E-state index in [2.05, 4.69) is 24.8 Å². The highest BCUT2D eigenvalue weighted by Gasteiger charge is 2.28. The van der Waals surface area contributed by atoms with Gasteiger partial charge in [-0.25, -0.2) is 9.97 Å². The first-order valence-electron chi connectivity index (χ1n) is 9.01. The van der Waals surface area contributed by atoms with Gasteiger partial charge in [-0.1, -0.05) is 0 Å². The van der Waals surface area contributed by atoms with Crippen LogP contribution < -0.4 is 15.4 Å². The minimum absolute atomic E-state index is 0.0584. The molecular formula is C18H24N6O. The van der Waals surface area contributed by atoms with Crippen LogP contribution in [-0.2, 0) is 0 Å². The standard InChI is InChI=1S/C18H24N6O/c1-12-10-19-13(2)17(20-12)24-8-5-14(11-24)15-9-16(25)22-18(21-15)23-6-3-4-7-23/h9-10,14H,3-8,11H2,1-2H3,(H,21,22,25). The molecule has 25 heavy (non-hydrogen) atoms. The summed E-state index contributed by atoms with van der Waals surface area (Å²) in [6, 6.07) is 1.66. The van der Waals surface area contributed by atoms with Crippen LogP contribution in [0.1, 0.15) is 42.3 Å². The van der Waals surface area contributed by atoms with E-state index in [0.29, 0.717) is 0 Å². The van der Waals surface area contributed by atoms with Crippen LogP contribution in [0.3, 0.4) is 0 Å². The molecule has 2 saturated heterocycles. The van der Waals surface area contributed by atoms with Crippen LogP contribution in [0.15, 0.2) is 17.1 Å². The van der Waals surface area contributed by atoms with E-state index in [1.807, 2.05) is 13.8 Å². The van der Waals surface area contributed by atoms with E-state index in [4.69, 9.17) is 4.98 Å². The van der Waals surface area contributed by atoms with Gasteiger partial charge in [0.15, 0.2) is 0 Å². The predicted octanol–water partition coefficient (Wildman–Crippen LogP) is 1.77. The number of aromatic amines is 1. The summed E-state index contributed by atoms with van der Waals surface area (Å²) < 4.78 is 0. The van der Waals surface area contributed by atoms with Gasteiger partial charge in [0.1, 0.15) is 5.82 Å². The average Bonchev–Trinajstić information content (AvgIpc) is 3.28. The molecule has 132 valence electrons. The average molecular weight is 340 g/mol. The lowest BCUT2D eigenvalue weighted by molar-refractivity contribution is 0.728. The number of anilines is 2. The minimum atomic E-state index is -0.0584. The second-order valence-electron chi connectivity index (χ2n) is 7.04. The molecular weight excluding hydrogens is 316 g/mol. The molecule has 7 nitrogen and oxygen atoms in total. The Kier molecular flexibility index (Phi) is 4.15. The highest BCUT2D eigenvalue weighted by molar-refractivity contribution is 5.45. The first-order chi connectivity index (χ1) is 12.1. The molecule has 2 fully saturated rings. The molecule has 1 unspecified atom stereocenters. The van der Waals surface area contributed by atoms with Crippen LogP contribution in [-0.4, -0.2) is 46.1 Å². The summed E-state index contributed by atoms with van der Waals surface area (Å²) in [5.41, 5.74) is 2.71. The van der Waals surface area contributed by atoms with Gasteiger partial charge in [-0.05, 0) is 33.1 Å². The molecule has 0 radical (unpaired) electrons. The molecule has 1 atom stereocenters. The molecule has 2 aromatic heterocycles. The molecule has 0 amide bonds. The van der Waals surface area contributed by atoms with Gasteiger partial charge in [-0.2, -0.15) is 0 Å². The van der Waals surface area contributed by atoms with Crippen molar-refractivity contribution in [3.05, 3.63) is 39.7 Å². The molecule has 0 spiro atoms. The monoisotopic (exact) mass is 340 g/mol. The lowest BCUT2D eigenvalue weighted by atomic mass is 10.1. The van der Waals surface area contributed by atoms with Crippen molar-refractivity contribution in [2.45, 2.75) is 39.0 Å². The summed E-state index contributed by atoms with van der Waals surface area (Å²) >= 11 is 0. The molecule has 2 aromatic rings. The second-order valence-corrected chi connectivity index (χ2v) is 7.04. The predicted molar refractivity (Wildman–Crippen MR) is 97.4 cm³/mol. The molecule has 4 heterocycles. The number of H-pyrrole nitrogens is 1. The largest absolute Gasteiger partial charge is 0.354 e. The van der Waals surface area contributed by atoms with Crippen LogP contribution in [0.2, 0.25) is 0 Å². The Morgan fingerprint density at radius 2 is 1.92 bits per heavy atom. The minimum Gasteiger partial charge on any atom is -0.354 e. The summed E-state index contributed by atoms with van der Waals surface area (Å²) in [6.45, 7) is 7.64. The number of hydrogen-bond acceptors (Lipinski definition) is 6. The Bertz CT molecular complexity index is 827. The molecule has 7 heteroatoms. The maximum Gasteiger partial charge on any atom is 0.252 e. The van der Waals surface area contributed by atoms with Crippen molar-refractivity contribution in [3.8, 4) is 0 Å². The van der Waals surface area contributed by atoms with Crippen molar-refractivity contribution in [2.24, 2.45) is 0 Å². The molecule has 1 N–H and O–H groups in total. The van der Waals surface area contributed by atoms with Gasteiger partial charge >= 0.3 is 0 Å². The van der Waals surface area contributed by atoms with E-state index in [9.17, 15) is 4.79 Å². The number of rotatable bonds is 3. The fourth-order valence-corrected chi connectivity index (χ4v) is 3.77. The topological polar surface area (TPSA) is 78.0 Å². The highest BCUT2D eigenvalue weighted by Crippen LogP contribution is 2.30. The van der Waals surface area contributed by atoms with Crippen molar-refractivity contribution in [3.63, 3.8) is 0 Å². The third kappa shape index (κ3) is 3.23.